The molecule has 1 rings (SSSR count). The number of nitrogens with zero attached hydrogens (tertiary/aromatic N) is 1. The smallest absolute Gasteiger partial charge is 0.277 e. The van der Waals surface area contributed by atoms with E-state index in [1.54, 1.807) is 0 Å². The third-order valence-corrected chi connectivity index (χ3v) is 2.05. The molecule has 13 heavy (non-hydrogen) atoms. The van der Waals surface area contributed by atoms with Crippen molar-refractivity contribution in [1.29, 1.82) is 0 Å². The number of halogens is 2. The molecule has 1 N–H and O–H groups in total. The number of nitro groups is 1. The lowest BCUT2D eigenvalue weighted by Gasteiger charge is -2.02. The lowest BCUT2D eigenvalue weighted by Crippen LogP contribution is -1.96. The molecule has 70 valence electrons. The maximum Gasteiger partial charge on any atom is 0.277 e. The second kappa shape index (κ2) is 3.91. The van der Waals surface area contributed by atoms with Crippen LogP contribution in [0, 0.1) is 10.1 Å². The third kappa shape index (κ3) is 2.09. The van der Waals surface area contributed by atoms with Gasteiger partial charge in [0.05, 0.1) is 22.1 Å². The summed E-state index contributed by atoms with van der Waals surface area (Å²) < 4.78 is 0. The summed E-state index contributed by atoms with van der Waals surface area (Å²) in [5.41, 5.74) is -0.184. The van der Waals surface area contributed by atoms with Crippen LogP contribution >= 0.6 is 23.2 Å². The highest BCUT2D eigenvalue weighted by Crippen LogP contribution is 2.30. The minimum Gasteiger partial charge on any atom is -0.391 e. The number of aliphatic hydroxyl groups excluding tert-OH is 1. The predicted molar refractivity (Wildman–Crippen MR) is 49.0 cm³/mol. The van der Waals surface area contributed by atoms with Crippen LogP contribution in [0.5, 0.6) is 0 Å². The monoisotopic (exact) mass is 221 g/mol. The van der Waals surface area contributed by atoms with Gasteiger partial charge in [-0.1, -0.05) is 23.2 Å². The van der Waals surface area contributed by atoms with Gasteiger partial charge in [-0.15, -0.1) is 0 Å². The van der Waals surface area contributed by atoms with Crippen LogP contribution in [0.1, 0.15) is 5.56 Å². The lowest BCUT2D eigenvalue weighted by atomic mass is 10.2. The molecular weight excluding hydrogens is 217 g/mol. The zero-order chi connectivity index (χ0) is 10.0. The van der Waals surface area contributed by atoms with E-state index >= 15 is 0 Å². The van der Waals surface area contributed by atoms with Crippen LogP contribution in [0.15, 0.2) is 12.1 Å². The summed E-state index contributed by atoms with van der Waals surface area (Å²) in [6, 6.07) is 2.50. The van der Waals surface area contributed by atoms with Crippen LogP contribution in [0.2, 0.25) is 10.0 Å². The van der Waals surface area contributed by atoms with Gasteiger partial charge in [-0.25, -0.2) is 0 Å². The van der Waals surface area contributed by atoms with E-state index in [1.807, 2.05) is 0 Å². The van der Waals surface area contributed by atoms with Gasteiger partial charge in [0.2, 0.25) is 0 Å². The van der Waals surface area contributed by atoms with Crippen molar-refractivity contribution in [2.75, 3.05) is 0 Å². The first-order chi connectivity index (χ1) is 6.06. The molecule has 0 bridgehead atoms. The fourth-order valence-corrected chi connectivity index (χ4v) is 1.45. The van der Waals surface area contributed by atoms with Gasteiger partial charge in [-0.3, -0.25) is 10.1 Å². The predicted octanol–water partition coefficient (Wildman–Crippen LogP) is 2.39. The molecule has 0 amide bonds. The van der Waals surface area contributed by atoms with E-state index in [9.17, 15) is 10.1 Å². The molecule has 0 radical (unpaired) electrons. The molecule has 4 nitrogen and oxygen atoms in total. The summed E-state index contributed by atoms with van der Waals surface area (Å²) in [5, 5.41) is 19.5. The maximum absolute atomic E-state index is 10.5. The SMILES string of the molecule is O=[N+]([O-])c1cc(Cl)cc(Cl)c1CO. The highest BCUT2D eigenvalue weighted by Gasteiger charge is 2.17. The van der Waals surface area contributed by atoms with Gasteiger partial charge in [0.15, 0.2) is 0 Å². The van der Waals surface area contributed by atoms with E-state index in [-0.39, 0.29) is 21.3 Å². The first-order valence-corrected chi connectivity index (χ1v) is 4.05. The molecule has 0 unspecified atom stereocenters. The Bertz CT molecular complexity index is 354. The average Bonchev–Trinajstić information content (AvgIpc) is 2.02. The van der Waals surface area contributed by atoms with Crippen LogP contribution in [0.4, 0.5) is 5.69 Å². The van der Waals surface area contributed by atoms with Gasteiger partial charge < -0.3 is 5.11 Å². The summed E-state index contributed by atoms with van der Waals surface area (Å²) in [6.07, 6.45) is 0. The van der Waals surface area contributed by atoms with Crippen LogP contribution in [0.3, 0.4) is 0 Å². The van der Waals surface area contributed by atoms with E-state index in [0.29, 0.717) is 0 Å². The Kier molecular flexibility index (Phi) is 3.08. The fraction of sp³-hybridized carbons (Fsp3) is 0.143. The zero-order valence-electron chi connectivity index (χ0n) is 6.33. The first kappa shape index (κ1) is 10.2. The Morgan fingerprint density at radius 2 is 2.08 bits per heavy atom. The molecule has 0 heterocycles. The Hall–Kier alpha value is -0.840. The Morgan fingerprint density at radius 1 is 1.46 bits per heavy atom. The summed E-state index contributed by atoms with van der Waals surface area (Å²) in [6.45, 7) is -0.480. The quantitative estimate of drug-likeness (QED) is 0.617. The molecule has 1 aromatic carbocycles. The van der Waals surface area contributed by atoms with Crippen LogP contribution in [0.25, 0.3) is 0 Å². The number of hydrogen-bond donors (Lipinski definition) is 1. The molecular formula is C7H5Cl2NO3. The van der Waals surface area contributed by atoms with E-state index in [0.717, 1.165) is 6.07 Å². The summed E-state index contributed by atoms with van der Waals surface area (Å²) >= 11 is 11.2. The number of nitro benzene ring substituents is 1. The van der Waals surface area contributed by atoms with Gasteiger partial charge in [0.25, 0.3) is 5.69 Å². The summed E-state index contributed by atoms with van der Waals surface area (Å²) in [7, 11) is 0. The molecule has 1 aromatic rings. The molecule has 0 aliphatic rings. The van der Waals surface area contributed by atoms with Gasteiger partial charge in [-0.05, 0) is 6.07 Å². The molecule has 0 saturated carbocycles. The number of benzene rings is 1. The van der Waals surface area contributed by atoms with Crippen molar-refractivity contribution >= 4 is 28.9 Å². The topological polar surface area (TPSA) is 63.4 Å². The van der Waals surface area contributed by atoms with Crippen LogP contribution in [-0.2, 0) is 6.61 Å². The van der Waals surface area contributed by atoms with Crippen molar-refractivity contribution in [3.63, 3.8) is 0 Å². The molecule has 0 atom stereocenters. The summed E-state index contributed by atoms with van der Waals surface area (Å²) in [4.78, 5) is 9.83. The molecule has 0 saturated heterocycles. The number of rotatable bonds is 2. The van der Waals surface area contributed by atoms with E-state index in [2.05, 4.69) is 0 Å². The van der Waals surface area contributed by atoms with Gasteiger partial charge in [0, 0.05) is 11.1 Å². The molecule has 0 fully saturated rings. The minimum atomic E-state index is -0.636. The lowest BCUT2D eigenvalue weighted by molar-refractivity contribution is -0.385. The van der Waals surface area contributed by atoms with E-state index in [1.165, 1.54) is 6.07 Å². The molecule has 6 heteroatoms. The van der Waals surface area contributed by atoms with Gasteiger partial charge in [0.1, 0.15) is 0 Å². The van der Waals surface area contributed by atoms with Crippen LogP contribution in [-0.4, -0.2) is 10.0 Å². The van der Waals surface area contributed by atoms with Crippen molar-refractivity contribution < 1.29 is 10.0 Å². The Balaban J connectivity index is 3.38. The van der Waals surface area contributed by atoms with Crippen molar-refractivity contribution in [1.82, 2.24) is 0 Å². The molecule has 0 aliphatic heterocycles. The molecule has 0 spiro atoms. The Labute approximate surface area is 83.9 Å². The average molecular weight is 222 g/mol. The van der Waals surface area contributed by atoms with Gasteiger partial charge in [-0.2, -0.15) is 0 Å². The van der Waals surface area contributed by atoms with Crippen molar-refractivity contribution in [2.45, 2.75) is 6.61 Å². The Morgan fingerprint density at radius 3 is 2.54 bits per heavy atom. The first-order valence-electron chi connectivity index (χ1n) is 3.29. The van der Waals surface area contributed by atoms with Gasteiger partial charge >= 0.3 is 0 Å². The molecule has 0 aromatic heterocycles. The fourth-order valence-electron chi connectivity index (χ4n) is 0.909. The number of aliphatic hydroxyl groups is 1. The van der Waals surface area contributed by atoms with Crippen molar-refractivity contribution in [3.8, 4) is 0 Å². The van der Waals surface area contributed by atoms with E-state index < -0.39 is 11.5 Å². The van der Waals surface area contributed by atoms with Crippen molar-refractivity contribution in [3.05, 3.63) is 37.9 Å². The third-order valence-electron chi connectivity index (χ3n) is 1.49. The normalized spacial score (nSPS) is 10.1. The molecule has 0 aliphatic carbocycles. The standard InChI is InChI=1S/C7H5Cl2NO3/c8-4-1-6(9)5(3-11)7(2-4)10(12)13/h1-2,11H,3H2. The van der Waals surface area contributed by atoms with E-state index in [4.69, 9.17) is 28.3 Å². The van der Waals surface area contributed by atoms with Crippen LogP contribution < -0.4 is 0 Å². The largest absolute Gasteiger partial charge is 0.391 e. The maximum atomic E-state index is 10.5. The minimum absolute atomic E-state index is 0.0797. The number of hydrogen-bond acceptors (Lipinski definition) is 3. The zero-order valence-corrected chi connectivity index (χ0v) is 7.84. The highest BCUT2D eigenvalue weighted by atomic mass is 35.5. The van der Waals surface area contributed by atoms with Crippen molar-refractivity contribution in [2.24, 2.45) is 0 Å². The second-order valence-corrected chi connectivity index (χ2v) is 3.14. The second-order valence-electron chi connectivity index (χ2n) is 2.30. The highest BCUT2D eigenvalue weighted by molar-refractivity contribution is 6.35. The summed E-state index contributed by atoms with van der Waals surface area (Å²) in [5.74, 6) is 0.